The summed E-state index contributed by atoms with van der Waals surface area (Å²) in [5, 5.41) is 0. The first kappa shape index (κ1) is 18.9. The van der Waals surface area contributed by atoms with E-state index in [-0.39, 0.29) is 12.0 Å². The molecule has 0 unspecified atom stereocenters. The summed E-state index contributed by atoms with van der Waals surface area (Å²) in [6.45, 7) is 6.35. The van der Waals surface area contributed by atoms with Crippen LogP contribution in [0.25, 0.3) is 0 Å². The zero-order chi connectivity index (χ0) is 17.7. The largest absolute Gasteiger partial charge is 0.450 e. The molecular weight excluding hydrogens is 336 g/mol. The Morgan fingerprint density at radius 1 is 0.917 bits per heavy atom. The molecular formula is C14H26N4O5S. The van der Waals surface area contributed by atoms with E-state index in [2.05, 4.69) is 0 Å². The third-order valence-electron chi connectivity index (χ3n) is 4.32. The Balaban J connectivity index is 1.73. The van der Waals surface area contributed by atoms with Gasteiger partial charge in [-0.1, -0.05) is 0 Å². The normalized spacial score (nSPS) is 20.9. The fourth-order valence-electron chi connectivity index (χ4n) is 2.86. The molecule has 138 valence electrons. The van der Waals surface area contributed by atoms with E-state index in [1.165, 1.54) is 10.6 Å². The van der Waals surface area contributed by atoms with Crippen LogP contribution < -0.4 is 0 Å². The predicted molar refractivity (Wildman–Crippen MR) is 88.0 cm³/mol. The van der Waals surface area contributed by atoms with E-state index >= 15 is 0 Å². The molecule has 0 bridgehead atoms. The Bertz CT molecular complexity index is 552. The van der Waals surface area contributed by atoms with Crippen molar-refractivity contribution in [2.24, 2.45) is 0 Å². The van der Waals surface area contributed by atoms with Crippen LogP contribution >= 0.6 is 0 Å². The van der Waals surface area contributed by atoms with Crippen molar-refractivity contribution in [2.45, 2.75) is 6.92 Å². The van der Waals surface area contributed by atoms with Gasteiger partial charge >= 0.3 is 6.09 Å². The molecule has 0 N–H and O–H groups in total. The van der Waals surface area contributed by atoms with Crippen LogP contribution in [0.1, 0.15) is 6.92 Å². The van der Waals surface area contributed by atoms with Crippen LogP contribution in [0.3, 0.4) is 0 Å². The van der Waals surface area contributed by atoms with E-state index in [0.29, 0.717) is 65.5 Å². The van der Waals surface area contributed by atoms with Crippen LogP contribution in [0.5, 0.6) is 0 Å². The maximum Gasteiger partial charge on any atom is 0.409 e. The fourth-order valence-corrected chi connectivity index (χ4v) is 3.69. The summed E-state index contributed by atoms with van der Waals surface area (Å²) in [7, 11) is -3.19. The van der Waals surface area contributed by atoms with Gasteiger partial charge in [-0.25, -0.2) is 13.2 Å². The highest BCUT2D eigenvalue weighted by Gasteiger charge is 2.28. The molecule has 0 radical (unpaired) electrons. The maximum absolute atomic E-state index is 12.4. The highest BCUT2D eigenvalue weighted by molar-refractivity contribution is 7.88. The fraction of sp³-hybridized carbons (Fsp3) is 0.857. The quantitative estimate of drug-likeness (QED) is 0.628. The van der Waals surface area contributed by atoms with Gasteiger partial charge in [0.1, 0.15) is 0 Å². The van der Waals surface area contributed by atoms with Gasteiger partial charge in [-0.05, 0) is 6.92 Å². The average molecular weight is 362 g/mol. The Kier molecular flexibility index (Phi) is 6.41. The first-order chi connectivity index (χ1) is 11.3. The zero-order valence-corrected chi connectivity index (χ0v) is 15.1. The number of carbonyl (C=O) groups is 2. The Morgan fingerprint density at radius 3 is 1.96 bits per heavy atom. The van der Waals surface area contributed by atoms with E-state index in [9.17, 15) is 18.0 Å². The van der Waals surface area contributed by atoms with Gasteiger partial charge in [0.25, 0.3) is 0 Å². The van der Waals surface area contributed by atoms with Crippen molar-refractivity contribution in [3.8, 4) is 0 Å². The standard InChI is InChI=1S/C14H26N4O5S/c1-3-23-14(20)17-6-4-15(5-7-17)12-13(19)16-8-10-18(11-9-16)24(2,21)22/h3-12H2,1-2H3. The molecule has 2 aliphatic heterocycles. The van der Waals surface area contributed by atoms with Crippen LogP contribution in [0.15, 0.2) is 0 Å². The van der Waals surface area contributed by atoms with E-state index in [1.807, 2.05) is 4.90 Å². The number of ether oxygens (including phenoxy) is 1. The van der Waals surface area contributed by atoms with Gasteiger partial charge in [-0.15, -0.1) is 0 Å². The van der Waals surface area contributed by atoms with Gasteiger partial charge < -0.3 is 14.5 Å². The van der Waals surface area contributed by atoms with Gasteiger partial charge in [0.05, 0.1) is 19.4 Å². The third-order valence-corrected chi connectivity index (χ3v) is 5.62. The zero-order valence-electron chi connectivity index (χ0n) is 14.3. The lowest BCUT2D eigenvalue weighted by molar-refractivity contribution is -0.134. The maximum atomic E-state index is 12.4. The molecule has 2 amide bonds. The van der Waals surface area contributed by atoms with Crippen molar-refractivity contribution >= 4 is 22.0 Å². The molecule has 0 aromatic rings. The Labute approximate surface area is 143 Å². The van der Waals surface area contributed by atoms with Crippen molar-refractivity contribution in [2.75, 3.05) is 71.8 Å². The first-order valence-corrected chi connectivity index (χ1v) is 10.0. The van der Waals surface area contributed by atoms with Crippen molar-refractivity contribution in [1.29, 1.82) is 0 Å². The summed E-state index contributed by atoms with van der Waals surface area (Å²) in [5.41, 5.74) is 0. The molecule has 2 fully saturated rings. The first-order valence-electron chi connectivity index (χ1n) is 8.18. The number of carbonyl (C=O) groups excluding carboxylic acids is 2. The van der Waals surface area contributed by atoms with Crippen LogP contribution in [0.4, 0.5) is 4.79 Å². The monoisotopic (exact) mass is 362 g/mol. The minimum Gasteiger partial charge on any atom is -0.450 e. The van der Waals surface area contributed by atoms with Gasteiger partial charge in [-0.3, -0.25) is 9.69 Å². The van der Waals surface area contributed by atoms with E-state index in [0.717, 1.165) is 0 Å². The molecule has 2 heterocycles. The van der Waals surface area contributed by atoms with Crippen LogP contribution in [0.2, 0.25) is 0 Å². The molecule has 0 atom stereocenters. The molecule has 0 aromatic heterocycles. The molecule has 10 heteroatoms. The highest BCUT2D eigenvalue weighted by Crippen LogP contribution is 2.08. The summed E-state index contributed by atoms with van der Waals surface area (Å²) >= 11 is 0. The number of sulfonamides is 1. The van der Waals surface area contributed by atoms with Crippen LogP contribution in [-0.2, 0) is 19.6 Å². The smallest absolute Gasteiger partial charge is 0.409 e. The van der Waals surface area contributed by atoms with Crippen molar-refractivity contribution in [1.82, 2.24) is 19.0 Å². The number of amides is 2. The minimum atomic E-state index is -3.19. The lowest BCUT2D eigenvalue weighted by atomic mass is 10.3. The molecule has 2 aliphatic rings. The van der Waals surface area contributed by atoms with Crippen LogP contribution in [-0.4, -0.2) is 111 Å². The SMILES string of the molecule is CCOC(=O)N1CCN(CC(=O)N2CCN(S(C)(=O)=O)CC2)CC1. The van der Waals surface area contributed by atoms with Gasteiger partial charge in [0.15, 0.2) is 0 Å². The van der Waals surface area contributed by atoms with Gasteiger partial charge in [0.2, 0.25) is 15.9 Å². The van der Waals surface area contributed by atoms with Crippen molar-refractivity contribution in [3.05, 3.63) is 0 Å². The number of piperazine rings is 2. The summed E-state index contributed by atoms with van der Waals surface area (Å²) in [4.78, 5) is 29.4. The molecule has 0 aliphatic carbocycles. The topological polar surface area (TPSA) is 90.5 Å². The molecule has 0 spiro atoms. The third kappa shape index (κ3) is 5.05. The molecule has 0 aromatic carbocycles. The summed E-state index contributed by atoms with van der Waals surface area (Å²) in [5.74, 6) is 0.00716. The average Bonchev–Trinajstić information content (AvgIpc) is 2.55. The number of nitrogens with zero attached hydrogens (tertiary/aromatic N) is 4. The second-order valence-electron chi connectivity index (χ2n) is 6.00. The number of hydrogen-bond acceptors (Lipinski definition) is 6. The molecule has 2 saturated heterocycles. The van der Waals surface area contributed by atoms with Crippen LogP contribution in [0, 0.1) is 0 Å². The van der Waals surface area contributed by atoms with Gasteiger partial charge in [-0.2, -0.15) is 4.31 Å². The minimum absolute atomic E-state index is 0.00716. The second kappa shape index (κ2) is 8.13. The molecule has 2 rings (SSSR count). The molecule has 0 saturated carbocycles. The Hall–Kier alpha value is -1.39. The summed E-state index contributed by atoms with van der Waals surface area (Å²) in [6.07, 6.45) is 0.883. The summed E-state index contributed by atoms with van der Waals surface area (Å²) < 4.78 is 29.3. The van der Waals surface area contributed by atoms with Gasteiger partial charge in [0, 0.05) is 52.4 Å². The molecule has 9 nitrogen and oxygen atoms in total. The van der Waals surface area contributed by atoms with Crippen molar-refractivity contribution < 1.29 is 22.7 Å². The predicted octanol–water partition coefficient (Wildman–Crippen LogP) is -1.14. The number of rotatable bonds is 4. The lowest BCUT2D eigenvalue weighted by Gasteiger charge is -2.37. The van der Waals surface area contributed by atoms with Crippen molar-refractivity contribution in [3.63, 3.8) is 0 Å². The lowest BCUT2D eigenvalue weighted by Crippen LogP contribution is -2.55. The summed E-state index contributed by atoms with van der Waals surface area (Å²) in [6, 6.07) is 0. The number of hydrogen-bond donors (Lipinski definition) is 0. The van der Waals surface area contributed by atoms with E-state index < -0.39 is 10.0 Å². The molecule has 24 heavy (non-hydrogen) atoms. The second-order valence-corrected chi connectivity index (χ2v) is 7.99. The van der Waals surface area contributed by atoms with E-state index in [1.54, 1.807) is 16.7 Å². The van der Waals surface area contributed by atoms with E-state index in [4.69, 9.17) is 4.74 Å². The highest BCUT2D eigenvalue weighted by atomic mass is 32.2. The Morgan fingerprint density at radius 2 is 1.46 bits per heavy atom.